The Bertz CT molecular complexity index is 1070. The number of amides is 3. The Hall–Kier alpha value is -2.24. The molecule has 3 amide bonds. The number of likely N-dealkylation sites (tertiary alicyclic amines) is 1. The third kappa shape index (κ3) is 6.78. The van der Waals surface area contributed by atoms with Crippen LogP contribution in [0, 0.1) is 17.3 Å². The third-order valence-electron chi connectivity index (χ3n) is 8.39. The van der Waals surface area contributed by atoms with E-state index in [1.54, 1.807) is 24.0 Å². The predicted molar refractivity (Wildman–Crippen MR) is 163 cm³/mol. The number of aliphatic hydroxyl groups is 1. The van der Waals surface area contributed by atoms with Gasteiger partial charge in [-0.2, -0.15) is 0 Å². The second-order valence-corrected chi connectivity index (χ2v) is 14.8. The first-order valence-electron chi connectivity index (χ1n) is 14.8. The third-order valence-corrected chi connectivity index (χ3v) is 9.23. The summed E-state index contributed by atoms with van der Waals surface area (Å²) >= 11 is 3.66. The van der Waals surface area contributed by atoms with E-state index in [-0.39, 0.29) is 48.3 Å². The van der Waals surface area contributed by atoms with Gasteiger partial charge in [-0.15, -0.1) is 13.2 Å². The number of halogens is 1. The number of ether oxygens (including phenoxy) is 2. The second kappa shape index (κ2) is 13.2. The van der Waals surface area contributed by atoms with Gasteiger partial charge in [-0.1, -0.05) is 48.9 Å². The molecule has 0 radical (unpaired) electrons. The number of hydrogen-bond donors (Lipinski definition) is 2. The monoisotopic (exact) mass is 653 g/mol. The standard InChI is InChI=1S/C31H48BrN3O7/c1-9-11-12-21(37)33-17-19(3)41-28(40)22-23-26(38)34(14-15-36)25(31(23)16-20(32)24(22)42-31)27(39)35(13-10-2)30(7,8)18-29(4,5)6/h9-10,19-20,22-25,36H,1-2,11-18H2,3-8H3,(H,33,37)/t19-,20?,22-,23+,24-,25-,31+/m1/s1. The maximum Gasteiger partial charge on any atom is 0.312 e. The topological polar surface area (TPSA) is 125 Å². The van der Waals surface area contributed by atoms with E-state index in [1.807, 2.05) is 13.8 Å². The van der Waals surface area contributed by atoms with Crippen LogP contribution >= 0.6 is 15.9 Å². The van der Waals surface area contributed by atoms with Crippen LogP contribution in [0.1, 0.15) is 67.2 Å². The van der Waals surface area contributed by atoms with Gasteiger partial charge >= 0.3 is 5.97 Å². The molecule has 3 rings (SSSR count). The van der Waals surface area contributed by atoms with E-state index in [1.165, 1.54) is 4.90 Å². The SMILES string of the molecule is C=CCCC(=O)NC[C@@H](C)OC(=O)[C@H]1[C@@H]2O[C@@]3(CC2Br)[C@@H]1C(=O)N(CCO)[C@@H]3C(=O)N(CC=C)C(C)(C)CC(C)(C)C. The van der Waals surface area contributed by atoms with Crippen LogP contribution in [-0.2, 0) is 28.7 Å². The lowest BCUT2D eigenvalue weighted by molar-refractivity contribution is -0.159. The molecule has 0 aromatic carbocycles. The first kappa shape index (κ1) is 34.3. The number of esters is 1. The fourth-order valence-corrected chi connectivity index (χ4v) is 8.17. The van der Waals surface area contributed by atoms with Gasteiger partial charge in [0, 0.05) is 29.9 Å². The quantitative estimate of drug-likeness (QED) is 0.168. The number of alkyl halides is 1. The molecule has 0 saturated carbocycles. The van der Waals surface area contributed by atoms with Crippen LogP contribution in [0.25, 0.3) is 0 Å². The van der Waals surface area contributed by atoms with Crippen molar-refractivity contribution < 1.29 is 33.8 Å². The van der Waals surface area contributed by atoms with Gasteiger partial charge in [0.25, 0.3) is 0 Å². The molecule has 3 fully saturated rings. The molecular formula is C31H48BrN3O7. The fraction of sp³-hybridized carbons (Fsp3) is 0.742. The highest BCUT2D eigenvalue weighted by Crippen LogP contribution is 2.60. The predicted octanol–water partition coefficient (Wildman–Crippen LogP) is 2.97. The van der Waals surface area contributed by atoms with Gasteiger partial charge in [-0.05, 0) is 45.4 Å². The summed E-state index contributed by atoms with van der Waals surface area (Å²) in [7, 11) is 0. The van der Waals surface area contributed by atoms with Crippen LogP contribution in [0.4, 0.5) is 0 Å². The van der Waals surface area contributed by atoms with Crippen molar-refractivity contribution in [1.82, 2.24) is 15.1 Å². The number of carbonyl (C=O) groups excluding carboxylic acids is 4. The number of allylic oxidation sites excluding steroid dienone is 1. The van der Waals surface area contributed by atoms with E-state index in [9.17, 15) is 24.3 Å². The molecule has 1 unspecified atom stereocenters. The molecule has 2 N–H and O–H groups in total. The van der Waals surface area contributed by atoms with E-state index in [2.05, 4.69) is 55.2 Å². The molecule has 0 aromatic rings. The van der Waals surface area contributed by atoms with Crippen molar-refractivity contribution in [3.63, 3.8) is 0 Å². The highest BCUT2D eigenvalue weighted by molar-refractivity contribution is 9.09. The number of carbonyl (C=O) groups is 4. The number of aliphatic hydroxyl groups excluding tert-OH is 1. The molecule has 0 aliphatic carbocycles. The van der Waals surface area contributed by atoms with Crippen molar-refractivity contribution in [2.24, 2.45) is 17.3 Å². The first-order valence-corrected chi connectivity index (χ1v) is 15.7. The van der Waals surface area contributed by atoms with Crippen molar-refractivity contribution >= 4 is 39.6 Å². The molecule has 42 heavy (non-hydrogen) atoms. The molecule has 3 aliphatic heterocycles. The van der Waals surface area contributed by atoms with Gasteiger partial charge in [0.15, 0.2) is 0 Å². The lowest BCUT2D eigenvalue weighted by Crippen LogP contribution is -2.61. The zero-order valence-corrected chi connectivity index (χ0v) is 27.4. The van der Waals surface area contributed by atoms with E-state index in [4.69, 9.17) is 9.47 Å². The minimum absolute atomic E-state index is 0.0645. The van der Waals surface area contributed by atoms with Gasteiger partial charge in [0.05, 0.1) is 31.1 Å². The van der Waals surface area contributed by atoms with E-state index in [0.29, 0.717) is 25.7 Å². The Labute approximate surface area is 258 Å². The lowest BCUT2D eigenvalue weighted by Gasteiger charge is -2.45. The van der Waals surface area contributed by atoms with Crippen LogP contribution in [0.15, 0.2) is 25.3 Å². The Morgan fingerprint density at radius 2 is 1.93 bits per heavy atom. The molecule has 1 spiro atoms. The summed E-state index contributed by atoms with van der Waals surface area (Å²) in [5.74, 6) is -3.35. The molecule has 7 atom stereocenters. The van der Waals surface area contributed by atoms with Gasteiger partial charge in [-0.25, -0.2) is 0 Å². The molecule has 3 heterocycles. The number of β-amino-alcohol motifs (C(OH)–C–C–N with tert-alkyl or cyclic N) is 1. The Morgan fingerprint density at radius 1 is 1.26 bits per heavy atom. The van der Waals surface area contributed by atoms with Crippen LogP contribution in [0.3, 0.4) is 0 Å². The zero-order valence-electron chi connectivity index (χ0n) is 25.9. The molecular weight excluding hydrogens is 606 g/mol. The van der Waals surface area contributed by atoms with Gasteiger partial charge < -0.3 is 29.7 Å². The maximum absolute atomic E-state index is 14.6. The van der Waals surface area contributed by atoms with Crippen LogP contribution < -0.4 is 5.32 Å². The normalized spacial score (nSPS) is 29.2. The van der Waals surface area contributed by atoms with Crippen molar-refractivity contribution in [3.05, 3.63) is 25.3 Å². The van der Waals surface area contributed by atoms with E-state index < -0.39 is 53.1 Å². The Balaban J connectivity index is 1.92. The van der Waals surface area contributed by atoms with Crippen molar-refractivity contribution in [1.29, 1.82) is 0 Å². The molecule has 2 bridgehead atoms. The molecule has 236 valence electrons. The molecule has 3 saturated heterocycles. The number of fused-ring (bicyclic) bond motifs is 1. The summed E-state index contributed by atoms with van der Waals surface area (Å²) in [5.41, 5.74) is -1.92. The first-order chi connectivity index (χ1) is 19.5. The van der Waals surface area contributed by atoms with Crippen LogP contribution in [0.2, 0.25) is 0 Å². The highest BCUT2D eigenvalue weighted by atomic mass is 79.9. The highest BCUT2D eigenvalue weighted by Gasteiger charge is 2.77. The summed E-state index contributed by atoms with van der Waals surface area (Å²) in [5, 5.41) is 12.7. The van der Waals surface area contributed by atoms with Crippen molar-refractivity contribution in [2.45, 2.75) is 101 Å². The molecule has 11 heteroatoms. The van der Waals surface area contributed by atoms with Gasteiger partial charge in [-0.3, -0.25) is 19.2 Å². The van der Waals surface area contributed by atoms with E-state index >= 15 is 0 Å². The summed E-state index contributed by atoms with van der Waals surface area (Å²) in [6, 6.07) is -1.02. The van der Waals surface area contributed by atoms with Gasteiger partial charge in [0.1, 0.15) is 17.7 Å². The largest absolute Gasteiger partial charge is 0.460 e. The minimum Gasteiger partial charge on any atom is -0.460 e. The smallest absolute Gasteiger partial charge is 0.312 e. The number of nitrogens with one attached hydrogen (secondary N) is 1. The molecule has 10 nitrogen and oxygen atoms in total. The van der Waals surface area contributed by atoms with Gasteiger partial charge in [0.2, 0.25) is 17.7 Å². The van der Waals surface area contributed by atoms with Crippen molar-refractivity contribution in [3.8, 4) is 0 Å². The number of hydrogen-bond acceptors (Lipinski definition) is 7. The van der Waals surface area contributed by atoms with Crippen LogP contribution in [0.5, 0.6) is 0 Å². The number of nitrogens with zero attached hydrogens (tertiary/aromatic N) is 2. The number of rotatable bonds is 14. The van der Waals surface area contributed by atoms with E-state index in [0.717, 1.165) is 0 Å². The lowest BCUT2D eigenvalue weighted by atomic mass is 9.70. The average Bonchev–Trinajstić information content (AvgIpc) is 3.46. The zero-order chi connectivity index (χ0) is 31.6. The maximum atomic E-state index is 14.6. The summed E-state index contributed by atoms with van der Waals surface area (Å²) in [6.45, 7) is 19.5. The molecule has 0 aromatic heterocycles. The average molecular weight is 655 g/mol. The summed E-state index contributed by atoms with van der Waals surface area (Å²) in [4.78, 5) is 57.0. The Kier molecular flexibility index (Phi) is 10.7. The van der Waals surface area contributed by atoms with Crippen molar-refractivity contribution in [2.75, 3.05) is 26.2 Å². The second-order valence-electron chi connectivity index (χ2n) is 13.6. The fourth-order valence-electron chi connectivity index (χ4n) is 7.23. The Morgan fingerprint density at radius 3 is 2.50 bits per heavy atom. The summed E-state index contributed by atoms with van der Waals surface area (Å²) < 4.78 is 12.3. The minimum atomic E-state index is -1.26. The van der Waals surface area contributed by atoms with Crippen LogP contribution in [-0.4, -0.2) is 99.1 Å². The summed E-state index contributed by atoms with van der Waals surface area (Å²) in [6.07, 6.45) is 3.90. The molecule has 3 aliphatic rings.